The molecule has 1 aromatic carbocycles. The summed E-state index contributed by atoms with van der Waals surface area (Å²) < 4.78 is 16.3. The maximum Gasteiger partial charge on any atom is 0.318 e. The number of para-hydroxylation sites is 1. The molecule has 2 heterocycles. The van der Waals surface area contributed by atoms with E-state index in [1.54, 1.807) is 18.3 Å². The molecule has 25 heavy (non-hydrogen) atoms. The third-order valence-corrected chi connectivity index (χ3v) is 4.27. The number of nitrogens with one attached hydrogen (secondary N) is 1. The van der Waals surface area contributed by atoms with Crippen LogP contribution >= 0.6 is 0 Å². The van der Waals surface area contributed by atoms with Gasteiger partial charge in [0, 0.05) is 19.2 Å². The zero-order chi connectivity index (χ0) is 17.5. The van der Waals surface area contributed by atoms with Gasteiger partial charge in [0.25, 0.3) is 0 Å². The molecule has 0 saturated carbocycles. The van der Waals surface area contributed by atoms with Crippen molar-refractivity contribution >= 4 is 6.03 Å². The molecule has 134 valence electrons. The molecule has 0 bridgehead atoms. The largest absolute Gasteiger partial charge is 0.493 e. The summed E-state index contributed by atoms with van der Waals surface area (Å²) in [4.78, 5) is 14.5. The van der Waals surface area contributed by atoms with Crippen LogP contribution in [0.1, 0.15) is 30.2 Å². The van der Waals surface area contributed by atoms with Crippen LogP contribution in [0.3, 0.4) is 0 Å². The van der Waals surface area contributed by atoms with Crippen LogP contribution in [0.5, 0.6) is 5.75 Å². The zero-order valence-corrected chi connectivity index (χ0v) is 14.4. The first kappa shape index (κ1) is 17.4. The van der Waals surface area contributed by atoms with Crippen LogP contribution in [0.4, 0.5) is 4.79 Å². The molecule has 2 amide bonds. The first-order chi connectivity index (χ1) is 12.3. The lowest BCUT2D eigenvalue weighted by molar-refractivity contribution is 0.141. The van der Waals surface area contributed by atoms with Crippen molar-refractivity contribution < 1.29 is 18.7 Å². The molecule has 0 spiro atoms. The summed E-state index contributed by atoms with van der Waals surface area (Å²) >= 11 is 0. The number of carbonyl (C=O) groups excluding carboxylic acids is 1. The number of hydrogen-bond donors (Lipinski definition) is 1. The van der Waals surface area contributed by atoms with Gasteiger partial charge in [0.1, 0.15) is 11.5 Å². The van der Waals surface area contributed by atoms with Crippen molar-refractivity contribution in [2.45, 2.75) is 25.4 Å². The SMILES string of the molecule is COCCN(Cc1ccco1)C(=O)NC1CCCOc2ccccc21. The Labute approximate surface area is 147 Å². The fourth-order valence-electron chi connectivity index (χ4n) is 2.96. The Kier molecular flexibility index (Phi) is 5.95. The molecule has 0 aliphatic carbocycles. The lowest BCUT2D eigenvalue weighted by atomic mass is 10.0. The predicted molar refractivity (Wildman–Crippen MR) is 93.4 cm³/mol. The zero-order valence-electron chi connectivity index (χ0n) is 14.4. The van der Waals surface area contributed by atoms with E-state index in [4.69, 9.17) is 13.9 Å². The summed E-state index contributed by atoms with van der Waals surface area (Å²) in [5, 5.41) is 3.15. The molecule has 2 aromatic rings. The molecule has 6 heteroatoms. The van der Waals surface area contributed by atoms with Crippen LogP contribution in [-0.2, 0) is 11.3 Å². The smallest absolute Gasteiger partial charge is 0.318 e. The van der Waals surface area contributed by atoms with Gasteiger partial charge in [0.05, 0.1) is 32.1 Å². The van der Waals surface area contributed by atoms with Crippen LogP contribution in [0.15, 0.2) is 47.1 Å². The number of ether oxygens (including phenoxy) is 2. The minimum Gasteiger partial charge on any atom is -0.493 e. The quantitative estimate of drug-likeness (QED) is 0.873. The van der Waals surface area contributed by atoms with Gasteiger partial charge in [0.15, 0.2) is 0 Å². The van der Waals surface area contributed by atoms with Crippen LogP contribution < -0.4 is 10.1 Å². The lowest BCUT2D eigenvalue weighted by Gasteiger charge is -2.26. The van der Waals surface area contributed by atoms with E-state index in [1.807, 2.05) is 36.4 Å². The summed E-state index contributed by atoms with van der Waals surface area (Å²) in [6.07, 6.45) is 3.36. The molecule has 1 atom stereocenters. The summed E-state index contributed by atoms with van der Waals surface area (Å²) in [7, 11) is 1.63. The normalized spacial score (nSPS) is 16.4. The van der Waals surface area contributed by atoms with Gasteiger partial charge >= 0.3 is 6.03 Å². The van der Waals surface area contributed by atoms with E-state index in [0.29, 0.717) is 26.3 Å². The van der Waals surface area contributed by atoms with Crippen molar-refractivity contribution in [1.82, 2.24) is 10.2 Å². The van der Waals surface area contributed by atoms with E-state index >= 15 is 0 Å². The van der Waals surface area contributed by atoms with Gasteiger partial charge in [-0.3, -0.25) is 0 Å². The Morgan fingerprint density at radius 1 is 1.32 bits per heavy atom. The maximum absolute atomic E-state index is 12.8. The molecule has 0 fully saturated rings. The molecule has 6 nitrogen and oxygen atoms in total. The third-order valence-electron chi connectivity index (χ3n) is 4.27. The molecule has 3 rings (SSSR count). The molecule has 1 aliphatic rings. The van der Waals surface area contributed by atoms with Crippen LogP contribution in [-0.4, -0.2) is 37.8 Å². The van der Waals surface area contributed by atoms with E-state index in [1.165, 1.54) is 0 Å². The molecule has 0 radical (unpaired) electrons. The summed E-state index contributed by atoms with van der Waals surface area (Å²) in [5.74, 6) is 1.59. The molecule has 1 N–H and O–H groups in total. The summed E-state index contributed by atoms with van der Waals surface area (Å²) in [5.41, 5.74) is 1.03. The maximum atomic E-state index is 12.8. The van der Waals surface area contributed by atoms with Gasteiger partial charge in [-0.1, -0.05) is 18.2 Å². The van der Waals surface area contributed by atoms with Crippen molar-refractivity contribution in [3.63, 3.8) is 0 Å². The number of carbonyl (C=O) groups is 1. The molecule has 1 unspecified atom stereocenters. The topological polar surface area (TPSA) is 63.9 Å². The molecular formula is C19H24N2O4. The average molecular weight is 344 g/mol. The van der Waals surface area contributed by atoms with Crippen molar-refractivity contribution in [3.8, 4) is 5.75 Å². The first-order valence-corrected chi connectivity index (χ1v) is 8.56. The number of benzene rings is 1. The van der Waals surface area contributed by atoms with E-state index in [0.717, 1.165) is 29.9 Å². The lowest BCUT2D eigenvalue weighted by Crippen LogP contribution is -2.42. The number of furan rings is 1. The highest BCUT2D eigenvalue weighted by atomic mass is 16.5. The Morgan fingerprint density at radius 3 is 3.00 bits per heavy atom. The van der Waals surface area contributed by atoms with E-state index in [-0.39, 0.29) is 12.1 Å². The minimum absolute atomic E-state index is 0.0622. The number of rotatable bonds is 6. The second kappa shape index (κ2) is 8.58. The Hall–Kier alpha value is -2.47. The molecule has 0 saturated heterocycles. The monoisotopic (exact) mass is 344 g/mol. The minimum atomic E-state index is -0.129. The predicted octanol–water partition coefficient (Wildman–Crippen LogP) is 3.35. The summed E-state index contributed by atoms with van der Waals surface area (Å²) in [6, 6.07) is 11.4. The number of fused-ring (bicyclic) bond motifs is 1. The van der Waals surface area contributed by atoms with Crippen molar-refractivity contribution in [3.05, 3.63) is 54.0 Å². The van der Waals surface area contributed by atoms with Gasteiger partial charge in [-0.25, -0.2) is 4.79 Å². The van der Waals surface area contributed by atoms with Crippen molar-refractivity contribution in [1.29, 1.82) is 0 Å². The van der Waals surface area contributed by atoms with Gasteiger partial charge in [-0.2, -0.15) is 0 Å². The van der Waals surface area contributed by atoms with Gasteiger partial charge in [-0.05, 0) is 31.0 Å². The second-order valence-electron chi connectivity index (χ2n) is 6.02. The Balaban J connectivity index is 1.71. The molecular weight excluding hydrogens is 320 g/mol. The van der Waals surface area contributed by atoms with Crippen molar-refractivity contribution in [2.75, 3.05) is 26.9 Å². The fraction of sp³-hybridized carbons (Fsp3) is 0.421. The van der Waals surface area contributed by atoms with Crippen molar-refractivity contribution in [2.24, 2.45) is 0 Å². The van der Waals surface area contributed by atoms with E-state index in [2.05, 4.69) is 5.32 Å². The standard InChI is InChI=1S/C19H24N2O4/c1-23-13-10-21(14-15-6-4-11-24-15)19(22)20-17-8-5-12-25-18-9-3-2-7-16(17)18/h2-4,6-7,9,11,17H,5,8,10,12-14H2,1H3,(H,20,22). The summed E-state index contributed by atoms with van der Waals surface area (Å²) in [6.45, 7) is 2.04. The molecule has 1 aliphatic heterocycles. The number of amides is 2. The Bertz CT molecular complexity index is 672. The van der Waals surface area contributed by atoms with Gasteiger partial charge in [0.2, 0.25) is 0 Å². The van der Waals surface area contributed by atoms with E-state index < -0.39 is 0 Å². The highest BCUT2D eigenvalue weighted by molar-refractivity contribution is 5.75. The highest BCUT2D eigenvalue weighted by Gasteiger charge is 2.24. The van der Waals surface area contributed by atoms with Crippen LogP contribution in [0.2, 0.25) is 0 Å². The van der Waals surface area contributed by atoms with Crippen LogP contribution in [0.25, 0.3) is 0 Å². The number of urea groups is 1. The average Bonchev–Trinajstić information content (AvgIpc) is 3.06. The van der Waals surface area contributed by atoms with E-state index in [9.17, 15) is 4.79 Å². The third kappa shape index (κ3) is 4.54. The molecule has 1 aromatic heterocycles. The highest BCUT2D eigenvalue weighted by Crippen LogP contribution is 2.31. The number of methoxy groups -OCH3 is 1. The number of nitrogens with zero attached hydrogens (tertiary/aromatic N) is 1. The second-order valence-corrected chi connectivity index (χ2v) is 6.02. The van der Waals surface area contributed by atoms with Crippen LogP contribution in [0, 0.1) is 0 Å². The Morgan fingerprint density at radius 2 is 2.20 bits per heavy atom. The van der Waals surface area contributed by atoms with Gasteiger partial charge in [-0.15, -0.1) is 0 Å². The first-order valence-electron chi connectivity index (χ1n) is 8.56. The fourth-order valence-corrected chi connectivity index (χ4v) is 2.96. The van der Waals surface area contributed by atoms with Gasteiger partial charge < -0.3 is 24.1 Å². The number of hydrogen-bond acceptors (Lipinski definition) is 4.